The van der Waals surface area contributed by atoms with Crippen molar-refractivity contribution in [3.63, 3.8) is 0 Å². The van der Waals surface area contributed by atoms with E-state index in [1.54, 1.807) is 11.8 Å². The summed E-state index contributed by atoms with van der Waals surface area (Å²) < 4.78 is 16.7. The van der Waals surface area contributed by atoms with E-state index in [0.717, 1.165) is 0 Å². The minimum absolute atomic E-state index is 0.190. The molecule has 1 aromatic rings. The number of nitrogens with zero attached hydrogens (tertiary/aromatic N) is 2. The van der Waals surface area contributed by atoms with Gasteiger partial charge in [-0.25, -0.2) is 9.48 Å². The molecule has 20 heavy (non-hydrogen) atoms. The number of nitrogen functional groups attached to an aromatic ring is 1. The lowest BCUT2D eigenvalue weighted by molar-refractivity contribution is 0.0549. The Bertz CT molecular complexity index is 463. The number of hydrogen-bond donors (Lipinski definition) is 1. The van der Waals surface area contributed by atoms with E-state index in [4.69, 9.17) is 19.9 Å². The summed E-state index contributed by atoms with van der Waals surface area (Å²) in [5, 5.41) is 4.26. The van der Waals surface area contributed by atoms with Crippen molar-refractivity contribution in [2.24, 2.45) is 0 Å². The number of esters is 1. The monoisotopic (exact) mass is 285 g/mol. The van der Waals surface area contributed by atoms with Crippen LogP contribution in [0.5, 0.6) is 0 Å². The lowest BCUT2D eigenvalue weighted by atomic mass is 10.1. The molecule has 1 rings (SSSR count). The lowest BCUT2D eigenvalue weighted by Crippen LogP contribution is -2.25. The average molecular weight is 285 g/mol. The number of methoxy groups -OCH3 is 2. The van der Waals surface area contributed by atoms with Crippen LogP contribution in [0, 0.1) is 0 Å². The Balaban J connectivity index is 3.05. The first-order chi connectivity index (χ1) is 9.32. The third kappa shape index (κ3) is 3.71. The summed E-state index contributed by atoms with van der Waals surface area (Å²) in [6.45, 7) is 6.93. The second kappa shape index (κ2) is 6.71. The van der Waals surface area contributed by atoms with Crippen molar-refractivity contribution in [2.45, 2.75) is 32.9 Å². The van der Waals surface area contributed by atoms with Crippen molar-refractivity contribution in [3.05, 3.63) is 11.3 Å². The zero-order chi connectivity index (χ0) is 15.3. The van der Waals surface area contributed by atoms with Crippen LogP contribution in [0.2, 0.25) is 0 Å². The van der Waals surface area contributed by atoms with Gasteiger partial charge in [-0.1, -0.05) is 0 Å². The van der Waals surface area contributed by atoms with E-state index in [1.807, 2.05) is 20.8 Å². The number of rotatable bonds is 6. The number of aromatic nitrogens is 2. The lowest BCUT2D eigenvalue weighted by Gasteiger charge is -2.20. The Morgan fingerprint density at radius 2 is 1.95 bits per heavy atom. The molecule has 2 N–H and O–H groups in total. The highest BCUT2D eigenvalue weighted by Gasteiger charge is 2.27. The Hall–Kier alpha value is -1.60. The first-order valence-corrected chi connectivity index (χ1v) is 6.35. The van der Waals surface area contributed by atoms with Gasteiger partial charge in [0.2, 0.25) is 0 Å². The number of carbonyl (C=O) groups is 1. The topological polar surface area (TPSA) is 88.6 Å². The molecule has 0 fully saturated rings. The van der Waals surface area contributed by atoms with Crippen molar-refractivity contribution in [2.75, 3.05) is 33.2 Å². The number of hydrogen-bond acceptors (Lipinski definition) is 6. The van der Waals surface area contributed by atoms with Crippen LogP contribution < -0.4 is 5.73 Å². The van der Waals surface area contributed by atoms with Gasteiger partial charge in [-0.15, -0.1) is 0 Å². The average Bonchev–Trinajstić information content (AvgIpc) is 2.71. The van der Waals surface area contributed by atoms with Crippen LogP contribution in [0.4, 0.5) is 5.82 Å². The third-order valence-electron chi connectivity index (χ3n) is 2.72. The molecule has 0 radical (unpaired) electrons. The van der Waals surface area contributed by atoms with Gasteiger partial charge in [-0.05, 0) is 20.8 Å². The van der Waals surface area contributed by atoms with Crippen molar-refractivity contribution < 1.29 is 19.0 Å². The van der Waals surface area contributed by atoms with Crippen LogP contribution in [0.1, 0.15) is 36.8 Å². The number of nitrogens with two attached hydrogens (primary N) is 1. The molecule has 0 aliphatic rings. The Morgan fingerprint density at radius 3 is 2.45 bits per heavy atom. The molecule has 0 saturated carbocycles. The summed E-state index contributed by atoms with van der Waals surface area (Å²) in [6, 6.07) is 0. The maximum atomic E-state index is 11.8. The van der Waals surface area contributed by atoms with Crippen LogP contribution in [0.3, 0.4) is 0 Å². The largest absolute Gasteiger partial charge is 0.464 e. The van der Waals surface area contributed by atoms with E-state index < -0.39 is 5.97 Å². The molecule has 1 heterocycles. The molecule has 0 aliphatic heterocycles. The van der Waals surface area contributed by atoms with Gasteiger partial charge >= 0.3 is 5.97 Å². The van der Waals surface area contributed by atoms with Gasteiger partial charge in [-0.2, -0.15) is 5.10 Å². The SMILES string of the molecule is COCCOCc1c(C(=O)OC)nn(C(C)(C)C)c1N. The molecule has 0 aliphatic carbocycles. The van der Waals surface area contributed by atoms with Gasteiger partial charge in [0.25, 0.3) is 0 Å². The number of ether oxygens (including phenoxy) is 3. The number of carbonyl (C=O) groups excluding carboxylic acids is 1. The highest BCUT2D eigenvalue weighted by atomic mass is 16.5. The van der Waals surface area contributed by atoms with Gasteiger partial charge in [0.05, 0.1) is 38.0 Å². The van der Waals surface area contributed by atoms with Crippen molar-refractivity contribution >= 4 is 11.8 Å². The standard InChI is InChI=1S/C13H23N3O4/c1-13(2,3)16-11(14)9(8-20-7-6-18-4)10(15-16)12(17)19-5/h6-8,14H2,1-5H3. The van der Waals surface area contributed by atoms with Crippen molar-refractivity contribution in [1.29, 1.82) is 0 Å². The summed E-state index contributed by atoms with van der Waals surface area (Å²) in [6.07, 6.45) is 0. The summed E-state index contributed by atoms with van der Waals surface area (Å²) >= 11 is 0. The zero-order valence-corrected chi connectivity index (χ0v) is 12.7. The fraction of sp³-hybridized carbons (Fsp3) is 0.692. The molecule has 0 atom stereocenters. The van der Waals surface area contributed by atoms with Crippen LogP contribution in [0.25, 0.3) is 0 Å². The molecule has 0 saturated heterocycles. The van der Waals surface area contributed by atoms with E-state index in [2.05, 4.69) is 5.10 Å². The minimum atomic E-state index is -0.523. The second-order valence-electron chi connectivity index (χ2n) is 5.33. The highest BCUT2D eigenvalue weighted by Crippen LogP contribution is 2.25. The van der Waals surface area contributed by atoms with E-state index in [9.17, 15) is 4.79 Å². The Labute approximate surface area is 119 Å². The smallest absolute Gasteiger partial charge is 0.359 e. The van der Waals surface area contributed by atoms with Crippen LogP contribution in [-0.2, 0) is 26.4 Å². The molecule has 0 amide bonds. The predicted octanol–water partition coefficient (Wildman–Crippen LogP) is 1.17. The maximum absolute atomic E-state index is 11.8. The van der Waals surface area contributed by atoms with E-state index in [0.29, 0.717) is 24.6 Å². The van der Waals surface area contributed by atoms with Crippen molar-refractivity contribution in [1.82, 2.24) is 9.78 Å². The summed E-state index contributed by atoms with van der Waals surface area (Å²) in [5.74, 6) is -0.111. The predicted molar refractivity (Wildman–Crippen MR) is 74.5 cm³/mol. The van der Waals surface area contributed by atoms with Crippen LogP contribution >= 0.6 is 0 Å². The molecule has 7 nitrogen and oxygen atoms in total. The molecule has 0 bridgehead atoms. The second-order valence-corrected chi connectivity index (χ2v) is 5.33. The van der Waals surface area contributed by atoms with Gasteiger partial charge < -0.3 is 19.9 Å². The summed E-state index contributed by atoms with van der Waals surface area (Å²) in [7, 11) is 2.90. The van der Waals surface area contributed by atoms with E-state index in [1.165, 1.54) is 7.11 Å². The van der Waals surface area contributed by atoms with E-state index in [-0.39, 0.29) is 17.8 Å². The molecule has 7 heteroatoms. The highest BCUT2D eigenvalue weighted by molar-refractivity contribution is 5.90. The summed E-state index contributed by atoms with van der Waals surface area (Å²) in [5.41, 5.74) is 6.48. The zero-order valence-electron chi connectivity index (χ0n) is 12.7. The normalized spacial score (nSPS) is 11.7. The molecular formula is C13H23N3O4. The van der Waals surface area contributed by atoms with Crippen LogP contribution in [0.15, 0.2) is 0 Å². The quantitative estimate of drug-likeness (QED) is 0.623. The Morgan fingerprint density at radius 1 is 1.30 bits per heavy atom. The fourth-order valence-electron chi connectivity index (χ4n) is 1.69. The molecular weight excluding hydrogens is 262 g/mol. The third-order valence-corrected chi connectivity index (χ3v) is 2.72. The van der Waals surface area contributed by atoms with Gasteiger partial charge in [0.15, 0.2) is 5.69 Å². The summed E-state index contributed by atoms with van der Waals surface area (Å²) in [4.78, 5) is 11.8. The van der Waals surface area contributed by atoms with Gasteiger partial charge in [0, 0.05) is 7.11 Å². The fourth-order valence-corrected chi connectivity index (χ4v) is 1.69. The molecule has 1 aromatic heterocycles. The minimum Gasteiger partial charge on any atom is -0.464 e. The maximum Gasteiger partial charge on any atom is 0.359 e. The van der Waals surface area contributed by atoms with Crippen LogP contribution in [-0.4, -0.2) is 43.2 Å². The van der Waals surface area contributed by atoms with Gasteiger partial charge in [-0.3, -0.25) is 0 Å². The van der Waals surface area contributed by atoms with E-state index >= 15 is 0 Å². The molecule has 114 valence electrons. The molecule has 0 spiro atoms. The number of anilines is 1. The first-order valence-electron chi connectivity index (χ1n) is 6.35. The van der Waals surface area contributed by atoms with Crippen molar-refractivity contribution in [3.8, 4) is 0 Å². The molecule has 0 unspecified atom stereocenters. The van der Waals surface area contributed by atoms with Gasteiger partial charge in [0.1, 0.15) is 5.82 Å². The molecule has 0 aromatic carbocycles. The first kappa shape index (κ1) is 16.5. The Kier molecular flexibility index (Phi) is 5.52.